The third-order valence-electron chi connectivity index (χ3n) is 9.29. The lowest BCUT2D eigenvalue weighted by atomic mass is 9.99. The van der Waals surface area contributed by atoms with Gasteiger partial charge in [-0.1, -0.05) is 139 Å². The van der Waals surface area contributed by atoms with E-state index in [2.05, 4.69) is 0 Å². The molecular weight excluding hydrogens is 691 g/mol. The Hall–Kier alpha value is -7.62. The molecule has 0 aliphatic carbocycles. The van der Waals surface area contributed by atoms with Crippen LogP contribution in [0.3, 0.4) is 0 Å². The summed E-state index contributed by atoms with van der Waals surface area (Å²) in [5.41, 5.74) is -11.1. The van der Waals surface area contributed by atoms with Gasteiger partial charge in [0, 0.05) is 43.7 Å². The highest BCUT2D eigenvalue weighted by Crippen LogP contribution is 2.41. The number of rotatable bonds is 5. The number of hydrogen-bond donors (Lipinski definition) is 0. The van der Waals surface area contributed by atoms with E-state index in [9.17, 15) is 20.6 Å². The highest BCUT2D eigenvalue weighted by Gasteiger charge is 2.21. The second-order valence-electron chi connectivity index (χ2n) is 12.3. The van der Waals surface area contributed by atoms with Crippen molar-refractivity contribution in [2.24, 2.45) is 0 Å². The summed E-state index contributed by atoms with van der Waals surface area (Å²) in [5.74, 6) is 0. The molecule has 266 valence electrons. The van der Waals surface area contributed by atoms with Crippen LogP contribution in [0.15, 0.2) is 211 Å². The highest BCUT2D eigenvalue weighted by molar-refractivity contribution is 6.17. The molecule has 0 radical (unpaired) electrons. The standard InChI is InChI=1S/C54H35N3/c1-2-15-36(16-3-1)37-17-12-18-38(33-37)39-19-13-20-40(34-39)56-50-28-11-7-24-45(50)54-52(56)29-14-30-53(54)57-49-27-10-6-23-44(49)46-35-41(31-32-51(46)57)55-47-25-8-4-21-42(47)43-22-5-9-26-48(43)55/h1-35H/i1D,2D,3D,4D,5D,6D,7D,8D,9D,10D,11D,12D,13D,14D,15D,16D,17D,18D,19D,20D,21D,22D,23D,24D,25D,26D,27D,28D,29D,30D,31D,32D,33D,34D,35D. The van der Waals surface area contributed by atoms with Gasteiger partial charge < -0.3 is 13.7 Å². The van der Waals surface area contributed by atoms with Crippen LogP contribution < -0.4 is 0 Å². The van der Waals surface area contributed by atoms with Gasteiger partial charge >= 0.3 is 0 Å². The van der Waals surface area contributed by atoms with Crippen LogP contribution in [-0.2, 0) is 0 Å². The Balaban J connectivity index is 1.31. The zero-order valence-corrected chi connectivity index (χ0v) is 28.3. The number of aromatic nitrogens is 3. The van der Waals surface area contributed by atoms with E-state index in [1.807, 2.05) is 0 Å². The van der Waals surface area contributed by atoms with Crippen molar-refractivity contribution in [1.82, 2.24) is 13.7 Å². The van der Waals surface area contributed by atoms with Gasteiger partial charge in [0.05, 0.1) is 86.8 Å². The minimum Gasteiger partial charge on any atom is -0.309 e. The van der Waals surface area contributed by atoms with Crippen molar-refractivity contribution in [1.29, 1.82) is 0 Å². The quantitative estimate of drug-likeness (QED) is 0.166. The van der Waals surface area contributed by atoms with Crippen LogP contribution in [-0.4, -0.2) is 13.7 Å². The zero-order valence-electron chi connectivity index (χ0n) is 63.3. The topological polar surface area (TPSA) is 14.8 Å². The Kier molecular flexibility index (Phi) is 2.78. The fraction of sp³-hybridized carbons (Fsp3) is 0. The first kappa shape index (κ1) is 12.7. The van der Waals surface area contributed by atoms with Crippen molar-refractivity contribution in [3.05, 3.63) is 211 Å². The summed E-state index contributed by atoms with van der Waals surface area (Å²) in [6.07, 6.45) is 0. The molecule has 3 heterocycles. The Morgan fingerprint density at radius 3 is 1.40 bits per heavy atom. The maximum Gasteiger partial charge on any atom is 0.0652 e. The average Bonchev–Trinajstić information content (AvgIpc) is 1.47. The normalized spacial score (nSPS) is 20.5. The van der Waals surface area contributed by atoms with E-state index in [4.69, 9.17) is 27.4 Å². The molecule has 3 heteroatoms. The van der Waals surface area contributed by atoms with Crippen LogP contribution in [0.4, 0.5) is 0 Å². The summed E-state index contributed by atoms with van der Waals surface area (Å²) >= 11 is 0. The van der Waals surface area contributed by atoms with Crippen molar-refractivity contribution in [2.75, 3.05) is 0 Å². The van der Waals surface area contributed by atoms with Crippen LogP contribution in [0.1, 0.15) is 48.0 Å². The molecule has 0 N–H and O–H groups in total. The van der Waals surface area contributed by atoms with Gasteiger partial charge in [-0.2, -0.15) is 0 Å². The first-order valence-corrected chi connectivity index (χ1v) is 16.8. The Bertz CT molecular complexity index is 5480. The van der Waals surface area contributed by atoms with Gasteiger partial charge in [0.1, 0.15) is 0 Å². The molecular formula is C54H35N3. The Morgan fingerprint density at radius 2 is 0.702 bits per heavy atom. The maximum atomic E-state index is 10.1. The fourth-order valence-electron chi connectivity index (χ4n) is 6.97. The molecule has 12 rings (SSSR count). The van der Waals surface area contributed by atoms with Gasteiger partial charge in [-0.25, -0.2) is 0 Å². The van der Waals surface area contributed by atoms with Gasteiger partial charge in [0.15, 0.2) is 0 Å². The first-order valence-electron chi connectivity index (χ1n) is 34.3. The Labute approximate surface area is 378 Å². The lowest BCUT2D eigenvalue weighted by molar-refractivity contribution is 1.16. The third kappa shape index (κ3) is 4.79. The minimum atomic E-state index is -1.21. The van der Waals surface area contributed by atoms with Crippen molar-refractivity contribution >= 4 is 65.4 Å². The Morgan fingerprint density at radius 1 is 0.263 bits per heavy atom. The summed E-state index contributed by atoms with van der Waals surface area (Å²) in [6.45, 7) is 0. The first-order chi connectivity index (χ1) is 42.9. The van der Waals surface area contributed by atoms with Crippen molar-refractivity contribution < 1.29 is 48.0 Å². The van der Waals surface area contributed by atoms with Gasteiger partial charge in [0.25, 0.3) is 0 Å². The minimum absolute atomic E-state index is 0.521. The lowest BCUT2D eigenvalue weighted by Gasteiger charge is -2.13. The molecule has 0 atom stereocenters. The molecule has 0 unspecified atom stereocenters. The largest absolute Gasteiger partial charge is 0.309 e. The molecule has 0 saturated carbocycles. The second kappa shape index (κ2) is 12.5. The van der Waals surface area contributed by atoms with Gasteiger partial charge in [0.2, 0.25) is 0 Å². The third-order valence-corrected chi connectivity index (χ3v) is 9.29. The second-order valence-corrected chi connectivity index (χ2v) is 12.3. The molecule has 3 aromatic heterocycles. The molecule has 12 aromatic rings. The lowest BCUT2D eigenvalue weighted by Crippen LogP contribution is -1.97. The molecule has 0 aliphatic rings. The summed E-state index contributed by atoms with van der Waals surface area (Å²) in [4.78, 5) is 0. The van der Waals surface area contributed by atoms with Gasteiger partial charge in [-0.15, -0.1) is 0 Å². The zero-order chi connectivity index (χ0) is 67.9. The molecule has 0 spiro atoms. The van der Waals surface area contributed by atoms with E-state index in [0.717, 1.165) is 4.57 Å². The van der Waals surface area contributed by atoms with E-state index in [0.29, 0.717) is 9.13 Å². The van der Waals surface area contributed by atoms with Gasteiger partial charge in [-0.3, -0.25) is 0 Å². The van der Waals surface area contributed by atoms with E-state index in [-0.39, 0.29) is 0 Å². The van der Waals surface area contributed by atoms with Crippen molar-refractivity contribution in [3.8, 4) is 39.3 Å². The van der Waals surface area contributed by atoms with E-state index >= 15 is 0 Å². The van der Waals surface area contributed by atoms with Crippen molar-refractivity contribution in [3.63, 3.8) is 0 Å². The van der Waals surface area contributed by atoms with E-state index in [1.165, 1.54) is 0 Å². The van der Waals surface area contributed by atoms with E-state index < -0.39 is 316 Å². The molecule has 0 bridgehead atoms. The van der Waals surface area contributed by atoms with Crippen LogP contribution >= 0.6 is 0 Å². The van der Waals surface area contributed by atoms with Crippen LogP contribution in [0.5, 0.6) is 0 Å². The number of para-hydroxylation sites is 4. The molecule has 0 aliphatic heterocycles. The van der Waals surface area contributed by atoms with Crippen molar-refractivity contribution in [2.45, 2.75) is 0 Å². The molecule has 0 fully saturated rings. The SMILES string of the molecule is [2H]c1c([2H])c([2H])c(-c2c([2H])c([2H])c([2H])c(-c3c([2H])c([2H])c([2H])c(-n4c5c([2H])c([2H])c([2H])c([2H])c5c5c(-n6c7c([2H])c([2H])c([2H])c([2H])c7c7c([2H])c(-n8c9c([2H])c([2H])c([2H])c([2H])c9c9c([2H])c([2H])c([2H])c([2H])c98)c([2H])c([2H])c76)c([2H])c([2H])c([2H])c54)c3[2H])c2[2H])c([2H])c1[2H]. The predicted molar refractivity (Wildman–Crippen MR) is 240 cm³/mol. The summed E-state index contributed by atoms with van der Waals surface area (Å²) < 4.78 is 322. The van der Waals surface area contributed by atoms with E-state index in [1.54, 1.807) is 0 Å². The average molecular weight is 761 g/mol. The van der Waals surface area contributed by atoms with Gasteiger partial charge in [-0.05, 0) is 94.8 Å². The highest BCUT2D eigenvalue weighted by atomic mass is 15.0. The monoisotopic (exact) mass is 761 g/mol. The molecule has 0 amide bonds. The van der Waals surface area contributed by atoms with Crippen LogP contribution in [0.2, 0.25) is 0 Å². The molecule has 57 heavy (non-hydrogen) atoms. The number of fused-ring (bicyclic) bond motifs is 9. The smallest absolute Gasteiger partial charge is 0.0652 e. The predicted octanol–water partition coefficient (Wildman–Crippen LogP) is 14.3. The summed E-state index contributed by atoms with van der Waals surface area (Å²) in [5, 5.41) is -4.03. The summed E-state index contributed by atoms with van der Waals surface area (Å²) in [6, 6.07) is -35.7. The molecule has 3 nitrogen and oxygen atoms in total. The maximum absolute atomic E-state index is 10.1. The van der Waals surface area contributed by atoms with Crippen LogP contribution in [0.25, 0.3) is 105 Å². The number of benzene rings is 9. The van der Waals surface area contributed by atoms with Crippen LogP contribution in [0, 0.1) is 0 Å². The summed E-state index contributed by atoms with van der Waals surface area (Å²) in [7, 11) is 0. The fourth-order valence-corrected chi connectivity index (χ4v) is 6.97. The number of hydrogen-bond acceptors (Lipinski definition) is 0. The molecule has 9 aromatic carbocycles. The number of nitrogens with zero attached hydrogens (tertiary/aromatic N) is 3. The molecule has 0 saturated heterocycles.